The summed E-state index contributed by atoms with van der Waals surface area (Å²) in [5.41, 5.74) is 2.74. The summed E-state index contributed by atoms with van der Waals surface area (Å²) < 4.78 is 0. The first-order chi connectivity index (χ1) is 12.6. The number of aromatic carboxylic acids is 1. The zero-order valence-corrected chi connectivity index (χ0v) is 14.6. The molecule has 2 N–H and O–H groups in total. The number of nitrogens with one attached hydrogen (secondary N) is 1. The van der Waals surface area contributed by atoms with Crippen LogP contribution in [0.5, 0.6) is 0 Å². The standard InChI is InChI=1S/C20H16N2O3S/c23-18(13-26-19-16(20(24)25)10-6-12-21-19)22-17-11-5-4-9-15(17)14-7-2-1-3-8-14/h1-12H,13H2,(H,22,23)(H,24,25). The molecule has 0 atom stereocenters. The number of pyridine rings is 1. The van der Waals surface area contributed by atoms with Crippen LogP contribution in [-0.2, 0) is 4.79 Å². The number of amides is 1. The molecular weight excluding hydrogens is 348 g/mol. The quantitative estimate of drug-likeness (QED) is 0.642. The van der Waals surface area contributed by atoms with E-state index >= 15 is 0 Å². The van der Waals surface area contributed by atoms with E-state index in [-0.39, 0.29) is 17.2 Å². The van der Waals surface area contributed by atoms with E-state index in [0.717, 1.165) is 22.9 Å². The number of carboxylic acids is 1. The van der Waals surface area contributed by atoms with Crippen molar-refractivity contribution in [1.82, 2.24) is 4.98 Å². The van der Waals surface area contributed by atoms with E-state index in [1.807, 2.05) is 54.6 Å². The van der Waals surface area contributed by atoms with Crippen LogP contribution in [0.1, 0.15) is 10.4 Å². The molecule has 0 fully saturated rings. The van der Waals surface area contributed by atoms with E-state index in [0.29, 0.717) is 10.7 Å². The van der Waals surface area contributed by atoms with Crippen molar-refractivity contribution in [2.75, 3.05) is 11.1 Å². The van der Waals surface area contributed by atoms with Gasteiger partial charge in [0.2, 0.25) is 5.91 Å². The maximum absolute atomic E-state index is 12.3. The van der Waals surface area contributed by atoms with Crippen molar-refractivity contribution in [3.8, 4) is 11.1 Å². The summed E-state index contributed by atoms with van der Waals surface area (Å²) in [5.74, 6) is -1.21. The predicted octanol–water partition coefficient (Wildman–Crippen LogP) is 4.18. The van der Waals surface area contributed by atoms with Gasteiger partial charge in [-0.25, -0.2) is 9.78 Å². The molecule has 6 heteroatoms. The van der Waals surface area contributed by atoms with Crippen molar-refractivity contribution in [3.63, 3.8) is 0 Å². The van der Waals surface area contributed by atoms with Crippen molar-refractivity contribution in [3.05, 3.63) is 78.5 Å². The lowest BCUT2D eigenvalue weighted by Crippen LogP contribution is -2.15. The molecule has 0 aliphatic carbocycles. The van der Waals surface area contributed by atoms with Gasteiger partial charge in [-0.3, -0.25) is 4.79 Å². The zero-order chi connectivity index (χ0) is 18.4. The minimum atomic E-state index is -1.06. The van der Waals surface area contributed by atoms with Gasteiger partial charge in [0.1, 0.15) is 5.03 Å². The number of carbonyl (C=O) groups excluding carboxylic acids is 1. The summed E-state index contributed by atoms with van der Waals surface area (Å²) in [6.07, 6.45) is 1.51. The molecule has 0 spiro atoms. The number of benzene rings is 2. The van der Waals surface area contributed by atoms with E-state index in [1.54, 1.807) is 6.07 Å². The van der Waals surface area contributed by atoms with Gasteiger partial charge in [-0.2, -0.15) is 0 Å². The Bertz CT molecular complexity index is 929. The third-order valence-electron chi connectivity index (χ3n) is 3.63. The van der Waals surface area contributed by atoms with E-state index in [9.17, 15) is 14.7 Å². The average Bonchev–Trinajstić information content (AvgIpc) is 2.67. The summed E-state index contributed by atoms with van der Waals surface area (Å²) in [4.78, 5) is 27.6. The van der Waals surface area contributed by atoms with Crippen molar-refractivity contribution >= 4 is 29.3 Å². The highest BCUT2D eigenvalue weighted by molar-refractivity contribution is 8.00. The molecule has 0 aliphatic heterocycles. The number of carbonyl (C=O) groups is 2. The summed E-state index contributed by atoms with van der Waals surface area (Å²) in [7, 11) is 0. The summed E-state index contributed by atoms with van der Waals surface area (Å²) in [6, 6.07) is 20.4. The molecule has 0 saturated heterocycles. The fourth-order valence-electron chi connectivity index (χ4n) is 2.45. The number of nitrogens with zero attached hydrogens (tertiary/aromatic N) is 1. The monoisotopic (exact) mass is 364 g/mol. The molecule has 0 bridgehead atoms. The minimum Gasteiger partial charge on any atom is -0.478 e. The number of rotatable bonds is 6. The Morgan fingerprint density at radius 3 is 2.46 bits per heavy atom. The minimum absolute atomic E-state index is 0.0699. The van der Waals surface area contributed by atoms with Gasteiger partial charge in [0.15, 0.2) is 0 Å². The van der Waals surface area contributed by atoms with Gasteiger partial charge in [0.05, 0.1) is 11.3 Å². The van der Waals surface area contributed by atoms with Crippen molar-refractivity contribution in [2.45, 2.75) is 5.03 Å². The largest absolute Gasteiger partial charge is 0.478 e. The Morgan fingerprint density at radius 1 is 0.962 bits per heavy atom. The average molecular weight is 364 g/mol. The lowest BCUT2D eigenvalue weighted by molar-refractivity contribution is -0.113. The molecule has 1 aromatic heterocycles. The molecule has 5 nitrogen and oxygen atoms in total. The summed E-state index contributed by atoms with van der Waals surface area (Å²) >= 11 is 1.10. The van der Waals surface area contributed by atoms with Crippen LogP contribution in [0.3, 0.4) is 0 Å². The van der Waals surface area contributed by atoms with Crippen LogP contribution in [-0.4, -0.2) is 27.7 Å². The van der Waals surface area contributed by atoms with Crippen LogP contribution in [0.25, 0.3) is 11.1 Å². The van der Waals surface area contributed by atoms with Crippen molar-refractivity contribution < 1.29 is 14.7 Å². The lowest BCUT2D eigenvalue weighted by atomic mass is 10.0. The normalized spacial score (nSPS) is 10.3. The summed E-state index contributed by atoms with van der Waals surface area (Å²) in [5, 5.41) is 12.4. The number of hydrogen-bond donors (Lipinski definition) is 2. The fraction of sp³-hybridized carbons (Fsp3) is 0.0500. The third-order valence-corrected chi connectivity index (χ3v) is 4.63. The third kappa shape index (κ3) is 4.29. The molecule has 3 aromatic rings. The Balaban J connectivity index is 1.71. The first kappa shape index (κ1) is 17.7. The molecule has 0 radical (unpaired) electrons. The highest BCUT2D eigenvalue weighted by atomic mass is 32.2. The second kappa shape index (κ2) is 8.31. The zero-order valence-electron chi connectivity index (χ0n) is 13.8. The van der Waals surface area contributed by atoms with E-state index in [2.05, 4.69) is 10.3 Å². The second-order valence-corrected chi connectivity index (χ2v) is 6.37. The molecule has 26 heavy (non-hydrogen) atoms. The van der Waals surface area contributed by atoms with Gasteiger partial charge >= 0.3 is 5.97 Å². The number of anilines is 1. The predicted molar refractivity (Wildman–Crippen MR) is 102 cm³/mol. The number of carboxylic acid groups (broad SMARTS) is 1. The number of hydrogen-bond acceptors (Lipinski definition) is 4. The first-order valence-corrected chi connectivity index (χ1v) is 8.89. The molecule has 0 unspecified atom stereocenters. The van der Waals surface area contributed by atoms with Crippen molar-refractivity contribution in [2.24, 2.45) is 0 Å². The maximum atomic E-state index is 12.3. The van der Waals surface area contributed by atoms with Crippen LogP contribution in [0.2, 0.25) is 0 Å². The Kier molecular flexibility index (Phi) is 5.66. The number of para-hydroxylation sites is 1. The van der Waals surface area contributed by atoms with Gasteiger partial charge in [0.25, 0.3) is 0 Å². The Hall–Kier alpha value is -3.12. The lowest BCUT2D eigenvalue weighted by Gasteiger charge is -2.11. The number of aromatic nitrogens is 1. The Labute approximate surface area is 155 Å². The maximum Gasteiger partial charge on any atom is 0.338 e. The van der Waals surface area contributed by atoms with Crippen LogP contribution < -0.4 is 5.32 Å². The Morgan fingerprint density at radius 2 is 1.69 bits per heavy atom. The van der Waals surface area contributed by atoms with Crippen LogP contribution in [0.15, 0.2) is 78.0 Å². The highest BCUT2D eigenvalue weighted by Gasteiger charge is 2.14. The van der Waals surface area contributed by atoms with Crippen LogP contribution in [0, 0.1) is 0 Å². The topological polar surface area (TPSA) is 79.3 Å². The van der Waals surface area contributed by atoms with E-state index in [4.69, 9.17) is 0 Å². The van der Waals surface area contributed by atoms with Crippen LogP contribution in [0.4, 0.5) is 5.69 Å². The second-order valence-electron chi connectivity index (χ2n) is 5.41. The molecule has 1 heterocycles. The van der Waals surface area contributed by atoms with Gasteiger partial charge in [-0.1, -0.05) is 60.3 Å². The van der Waals surface area contributed by atoms with Gasteiger partial charge in [-0.05, 0) is 23.8 Å². The smallest absolute Gasteiger partial charge is 0.338 e. The molecule has 0 aliphatic rings. The molecular formula is C20H16N2O3S. The number of thioether (sulfide) groups is 1. The molecule has 1 amide bonds. The van der Waals surface area contributed by atoms with Gasteiger partial charge in [0, 0.05) is 17.4 Å². The molecule has 130 valence electrons. The van der Waals surface area contributed by atoms with E-state index in [1.165, 1.54) is 12.3 Å². The molecule has 0 saturated carbocycles. The highest BCUT2D eigenvalue weighted by Crippen LogP contribution is 2.28. The fourth-order valence-corrected chi connectivity index (χ4v) is 3.24. The van der Waals surface area contributed by atoms with Crippen LogP contribution >= 0.6 is 11.8 Å². The van der Waals surface area contributed by atoms with Gasteiger partial charge in [-0.15, -0.1) is 0 Å². The summed E-state index contributed by atoms with van der Waals surface area (Å²) in [6.45, 7) is 0. The van der Waals surface area contributed by atoms with Gasteiger partial charge < -0.3 is 10.4 Å². The van der Waals surface area contributed by atoms with E-state index < -0.39 is 5.97 Å². The first-order valence-electron chi connectivity index (χ1n) is 7.90. The molecule has 3 rings (SSSR count). The molecule has 2 aromatic carbocycles. The SMILES string of the molecule is O=C(CSc1ncccc1C(=O)O)Nc1ccccc1-c1ccccc1. The van der Waals surface area contributed by atoms with Crippen molar-refractivity contribution in [1.29, 1.82) is 0 Å².